The Morgan fingerprint density at radius 3 is 2.48 bits per heavy atom. The number of hydrogen-bond donors (Lipinski definition) is 4. The lowest BCUT2D eigenvalue weighted by atomic mass is 9.99. The number of carbonyl (C=O) groups is 1. The molecule has 1 unspecified atom stereocenters. The van der Waals surface area contributed by atoms with Crippen LogP contribution in [0.25, 0.3) is 0 Å². The molecule has 1 aromatic rings. The van der Waals surface area contributed by atoms with E-state index >= 15 is 0 Å². The number of aryl methyl sites for hydroxylation is 2. The minimum Gasteiger partial charge on any atom is -0.337 e. The Hall–Kier alpha value is -2.17. The summed E-state index contributed by atoms with van der Waals surface area (Å²) >= 11 is 1.35. The highest BCUT2D eigenvalue weighted by atomic mass is 32.2. The van der Waals surface area contributed by atoms with E-state index in [2.05, 4.69) is 33.2 Å². The van der Waals surface area contributed by atoms with E-state index in [0.717, 1.165) is 37.9 Å². The van der Waals surface area contributed by atoms with Crippen LogP contribution in [-0.2, 0) is 25.7 Å². The predicted octanol–water partition coefficient (Wildman–Crippen LogP) is 3.13. The number of benzene rings is 1. The quantitative estimate of drug-likeness (QED) is 0.362. The number of urea groups is 1. The first kappa shape index (κ1) is 19.6. The molecule has 1 saturated heterocycles. The summed E-state index contributed by atoms with van der Waals surface area (Å²) in [7, 11) is 0. The maximum Gasteiger partial charge on any atom is 0.329 e. The Balaban J connectivity index is 0.000000659. The second-order valence-electron chi connectivity index (χ2n) is 7.07. The number of rotatable bonds is 4. The van der Waals surface area contributed by atoms with Crippen molar-refractivity contribution >= 4 is 23.7 Å². The SMILES string of the molecule is N#CN.O=C(NS/C=C/C1CCCN1)Nc1c2c(cc3c1CCC3)CCC2. The van der Waals surface area contributed by atoms with E-state index < -0.39 is 0 Å². The molecule has 4 rings (SSSR count). The normalized spacial score (nSPS) is 19.7. The van der Waals surface area contributed by atoms with Crippen LogP contribution in [0, 0.1) is 11.5 Å². The van der Waals surface area contributed by atoms with Crippen molar-refractivity contribution in [1.29, 1.82) is 5.26 Å². The Morgan fingerprint density at radius 1 is 1.22 bits per heavy atom. The fraction of sp³-hybridized carbons (Fsp3) is 0.500. The van der Waals surface area contributed by atoms with E-state index in [1.807, 2.05) is 5.41 Å². The van der Waals surface area contributed by atoms with Gasteiger partial charge in [0.2, 0.25) is 0 Å². The predicted molar refractivity (Wildman–Crippen MR) is 110 cm³/mol. The summed E-state index contributed by atoms with van der Waals surface area (Å²) in [6, 6.07) is 2.74. The molecule has 0 spiro atoms. The maximum absolute atomic E-state index is 12.3. The van der Waals surface area contributed by atoms with Crippen molar-refractivity contribution in [2.45, 2.75) is 57.4 Å². The highest BCUT2D eigenvalue weighted by Gasteiger charge is 2.24. The summed E-state index contributed by atoms with van der Waals surface area (Å²) in [4.78, 5) is 12.3. The molecule has 2 aliphatic carbocycles. The van der Waals surface area contributed by atoms with E-state index in [1.165, 1.54) is 66.1 Å². The van der Waals surface area contributed by atoms with Crippen LogP contribution in [0.3, 0.4) is 0 Å². The molecule has 1 atom stereocenters. The molecule has 6 nitrogen and oxygen atoms in total. The topological polar surface area (TPSA) is 103 Å². The molecule has 7 heteroatoms. The number of nitrogens with one attached hydrogen (secondary N) is 3. The van der Waals surface area contributed by atoms with Gasteiger partial charge in [-0.05, 0) is 97.5 Å². The first-order chi connectivity index (χ1) is 13.2. The monoisotopic (exact) mass is 385 g/mol. The van der Waals surface area contributed by atoms with Gasteiger partial charge in [-0.1, -0.05) is 12.1 Å². The standard InChI is InChI=1S/C19H25N3OS.CH2N2/c23-19(22-24-11-9-15-6-3-10-20-15)21-18-16-7-1-4-13(16)12-14-5-2-8-17(14)18;2-1-3/h9,11-12,15,20H,1-8,10H2,(H2,21,22,23);2H2/b11-9+;. The van der Waals surface area contributed by atoms with Gasteiger partial charge in [0.25, 0.3) is 0 Å². The third kappa shape index (κ3) is 4.96. The molecule has 144 valence electrons. The number of nitrogens with two attached hydrogens (primary N) is 1. The van der Waals surface area contributed by atoms with Crippen molar-refractivity contribution in [3.05, 3.63) is 39.8 Å². The van der Waals surface area contributed by atoms with E-state index in [1.54, 1.807) is 0 Å². The van der Waals surface area contributed by atoms with E-state index in [0.29, 0.717) is 6.04 Å². The van der Waals surface area contributed by atoms with Gasteiger partial charge in [-0.15, -0.1) is 0 Å². The Kier molecular flexibility index (Phi) is 7.02. The number of carbonyl (C=O) groups excluding carboxylic acids is 1. The highest BCUT2D eigenvalue weighted by molar-refractivity contribution is 8.00. The van der Waals surface area contributed by atoms with E-state index in [-0.39, 0.29) is 6.03 Å². The lowest BCUT2D eigenvalue weighted by Gasteiger charge is -2.16. The van der Waals surface area contributed by atoms with Crippen LogP contribution >= 0.6 is 11.9 Å². The zero-order chi connectivity index (χ0) is 19.1. The van der Waals surface area contributed by atoms with Gasteiger partial charge in [0.05, 0.1) is 0 Å². The van der Waals surface area contributed by atoms with Crippen LogP contribution in [0.15, 0.2) is 17.6 Å². The molecule has 0 saturated carbocycles. The minimum absolute atomic E-state index is 0.113. The fourth-order valence-electron chi connectivity index (χ4n) is 4.20. The van der Waals surface area contributed by atoms with Gasteiger partial charge in [0.1, 0.15) is 0 Å². The van der Waals surface area contributed by atoms with E-state index in [9.17, 15) is 4.79 Å². The van der Waals surface area contributed by atoms with Crippen molar-refractivity contribution in [2.24, 2.45) is 5.73 Å². The van der Waals surface area contributed by atoms with Crippen LogP contribution in [-0.4, -0.2) is 18.6 Å². The van der Waals surface area contributed by atoms with Crippen molar-refractivity contribution in [1.82, 2.24) is 10.0 Å². The maximum atomic E-state index is 12.3. The number of amides is 2. The summed E-state index contributed by atoms with van der Waals surface area (Å²) in [6.45, 7) is 1.10. The molecule has 2 amide bonds. The Labute approximate surface area is 165 Å². The summed E-state index contributed by atoms with van der Waals surface area (Å²) in [5, 5.41) is 15.6. The van der Waals surface area contributed by atoms with Gasteiger partial charge in [0, 0.05) is 11.7 Å². The van der Waals surface area contributed by atoms with Crippen LogP contribution in [0.1, 0.15) is 47.9 Å². The number of nitriles is 1. The Bertz CT molecular complexity index is 717. The lowest BCUT2D eigenvalue weighted by Crippen LogP contribution is -2.24. The van der Waals surface area contributed by atoms with Crippen LogP contribution < -0.4 is 21.1 Å². The van der Waals surface area contributed by atoms with Gasteiger partial charge < -0.3 is 16.4 Å². The largest absolute Gasteiger partial charge is 0.337 e. The first-order valence-corrected chi connectivity index (χ1v) is 10.5. The molecule has 5 N–H and O–H groups in total. The van der Waals surface area contributed by atoms with Crippen molar-refractivity contribution < 1.29 is 4.79 Å². The van der Waals surface area contributed by atoms with Gasteiger partial charge in [0.15, 0.2) is 6.19 Å². The number of anilines is 1. The molecule has 3 aliphatic rings. The Morgan fingerprint density at radius 2 is 1.89 bits per heavy atom. The lowest BCUT2D eigenvalue weighted by molar-refractivity contribution is 0.257. The van der Waals surface area contributed by atoms with E-state index in [4.69, 9.17) is 5.26 Å². The average Bonchev–Trinajstić information content (AvgIpc) is 3.40. The smallest absolute Gasteiger partial charge is 0.329 e. The number of hydrogen-bond acceptors (Lipinski definition) is 5. The zero-order valence-corrected chi connectivity index (χ0v) is 16.3. The van der Waals surface area contributed by atoms with Crippen molar-refractivity contribution in [3.8, 4) is 6.19 Å². The zero-order valence-electron chi connectivity index (χ0n) is 15.5. The molecule has 1 fully saturated rings. The molecule has 1 aliphatic heterocycles. The second-order valence-corrected chi connectivity index (χ2v) is 7.78. The first-order valence-electron chi connectivity index (χ1n) is 9.61. The third-order valence-corrected chi connectivity index (χ3v) is 5.94. The van der Waals surface area contributed by atoms with Gasteiger partial charge in [-0.3, -0.25) is 4.72 Å². The van der Waals surface area contributed by atoms with Gasteiger partial charge >= 0.3 is 6.03 Å². The summed E-state index contributed by atoms with van der Waals surface area (Å²) in [5.41, 5.74) is 10.9. The third-order valence-electron chi connectivity index (χ3n) is 5.34. The molecule has 0 aromatic heterocycles. The molecule has 1 aromatic carbocycles. The van der Waals surface area contributed by atoms with Crippen molar-refractivity contribution in [2.75, 3.05) is 11.9 Å². The van der Waals surface area contributed by atoms with Gasteiger partial charge in [-0.25, -0.2) is 4.79 Å². The molecule has 1 heterocycles. The van der Waals surface area contributed by atoms with Gasteiger partial charge in [-0.2, -0.15) is 5.26 Å². The molecular weight excluding hydrogens is 358 g/mol. The second kappa shape index (κ2) is 9.67. The van der Waals surface area contributed by atoms with Crippen LogP contribution in [0.4, 0.5) is 10.5 Å². The molecule has 0 bridgehead atoms. The average molecular weight is 386 g/mol. The number of fused-ring (bicyclic) bond motifs is 2. The van der Waals surface area contributed by atoms with Crippen LogP contribution in [0.5, 0.6) is 0 Å². The summed E-state index contributed by atoms with van der Waals surface area (Å²) < 4.78 is 2.89. The summed E-state index contributed by atoms with van der Waals surface area (Å²) in [6.07, 6.45) is 12.7. The molecule has 27 heavy (non-hydrogen) atoms. The molecule has 0 radical (unpaired) electrons. The highest BCUT2D eigenvalue weighted by Crippen LogP contribution is 2.38. The minimum atomic E-state index is -0.113. The fourth-order valence-corrected chi connectivity index (χ4v) is 4.70. The summed E-state index contributed by atoms with van der Waals surface area (Å²) in [5.74, 6) is 0. The van der Waals surface area contributed by atoms with Crippen LogP contribution in [0.2, 0.25) is 0 Å². The van der Waals surface area contributed by atoms with Crippen molar-refractivity contribution in [3.63, 3.8) is 0 Å². The number of nitrogens with zero attached hydrogens (tertiary/aromatic N) is 1. The molecular formula is C20H27N5OS.